The van der Waals surface area contributed by atoms with E-state index in [1.807, 2.05) is 12.3 Å². The van der Waals surface area contributed by atoms with Crippen molar-refractivity contribution in [3.8, 4) is 10.6 Å². The maximum atomic E-state index is 11.9. The number of aryl methyl sites for hydroxylation is 1. The topological polar surface area (TPSA) is 73.1 Å². The van der Waals surface area contributed by atoms with E-state index in [1.165, 1.54) is 22.9 Å². The summed E-state index contributed by atoms with van der Waals surface area (Å²) >= 11 is 2.71. The minimum atomic E-state index is -2.44. The van der Waals surface area contributed by atoms with Crippen molar-refractivity contribution < 1.29 is 13.5 Å². The minimum absolute atomic E-state index is 0.193. The third kappa shape index (κ3) is 3.84. The van der Waals surface area contributed by atoms with Crippen molar-refractivity contribution in [2.45, 2.75) is 13.3 Å². The normalized spacial score (nSPS) is 11.2. The highest BCUT2D eigenvalue weighted by Crippen LogP contribution is 2.38. The van der Waals surface area contributed by atoms with Gasteiger partial charge in [-0.3, -0.25) is 0 Å². The van der Waals surface area contributed by atoms with Crippen LogP contribution in [0.25, 0.3) is 10.6 Å². The van der Waals surface area contributed by atoms with Gasteiger partial charge in [-0.05, 0) is 18.5 Å². The summed E-state index contributed by atoms with van der Waals surface area (Å²) in [7, 11) is 0. The van der Waals surface area contributed by atoms with E-state index >= 15 is 0 Å². The highest BCUT2D eigenvalue weighted by atomic mass is 32.1. The average molecular weight is 320 g/mol. The summed E-state index contributed by atoms with van der Waals surface area (Å²) in [5, 5.41) is 6.59. The van der Waals surface area contributed by atoms with Gasteiger partial charge in [-0.2, -0.15) is 4.37 Å². The van der Waals surface area contributed by atoms with Gasteiger partial charge >= 0.3 is 0 Å². The minimum Gasteiger partial charge on any atom is -0.382 e. The fraction of sp³-hybridized carbons (Fsp3) is 0.455. The molecule has 2 heterocycles. The molecule has 0 saturated carbocycles. The second-order valence-electron chi connectivity index (χ2n) is 3.96. The molecule has 110 valence electrons. The zero-order valence-corrected chi connectivity index (χ0v) is 12.4. The van der Waals surface area contributed by atoms with E-state index in [0.29, 0.717) is 12.4 Å². The lowest BCUT2D eigenvalue weighted by Crippen LogP contribution is -2.12. The summed E-state index contributed by atoms with van der Waals surface area (Å²) in [4.78, 5) is 4.38. The summed E-state index contributed by atoms with van der Waals surface area (Å²) in [5.41, 5.74) is 7.53. The highest BCUT2D eigenvalue weighted by molar-refractivity contribution is 7.15. The van der Waals surface area contributed by atoms with E-state index in [4.69, 9.17) is 10.5 Å². The molecular formula is C11H14F2N4OS2. The van der Waals surface area contributed by atoms with Crippen LogP contribution < -0.4 is 11.1 Å². The molecule has 0 aliphatic carbocycles. The van der Waals surface area contributed by atoms with E-state index in [0.717, 1.165) is 21.3 Å². The van der Waals surface area contributed by atoms with Gasteiger partial charge in [-0.1, -0.05) is 0 Å². The van der Waals surface area contributed by atoms with Crippen LogP contribution in [-0.2, 0) is 4.74 Å². The zero-order valence-electron chi connectivity index (χ0n) is 10.7. The Morgan fingerprint density at radius 3 is 2.95 bits per heavy atom. The maximum Gasteiger partial charge on any atom is 0.261 e. The Morgan fingerprint density at radius 1 is 1.50 bits per heavy atom. The van der Waals surface area contributed by atoms with Gasteiger partial charge in [-0.25, -0.2) is 13.8 Å². The van der Waals surface area contributed by atoms with Crippen LogP contribution in [0.2, 0.25) is 0 Å². The molecule has 0 amide bonds. The van der Waals surface area contributed by atoms with Crippen molar-refractivity contribution in [3.05, 3.63) is 11.1 Å². The van der Waals surface area contributed by atoms with Crippen molar-refractivity contribution in [2.75, 3.05) is 30.8 Å². The third-order valence-corrected chi connectivity index (χ3v) is 4.12. The molecule has 20 heavy (non-hydrogen) atoms. The number of nitrogens with one attached hydrogen (secondary N) is 1. The van der Waals surface area contributed by atoms with Crippen LogP contribution in [0.15, 0.2) is 5.38 Å². The summed E-state index contributed by atoms with van der Waals surface area (Å²) in [6.45, 7) is 1.95. The number of anilines is 2. The largest absolute Gasteiger partial charge is 0.382 e. The maximum absolute atomic E-state index is 11.9. The molecule has 0 aliphatic rings. The second-order valence-corrected chi connectivity index (χ2v) is 5.59. The van der Waals surface area contributed by atoms with Crippen LogP contribution in [-0.4, -0.2) is 35.5 Å². The van der Waals surface area contributed by atoms with Gasteiger partial charge in [0.1, 0.15) is 22.4 Å². The first-order chi connectivity index (χ1) is 9.58. The molecule has 0 aliphatic heterocycles. The number of nitrogen functional groups attached to an aromatic ring is 1. The van der Waals surface area contributed by atoms with Crippen molar-refractivity contribution in [3.63, 3.8) is 0 Å². The van der Waals surface area contributed by atoms with E-state index in [9.17, 15) is 8.78 Å². The number of nitrogens with zero attached hydrogens (tertiary/aromatic N) is 2. The fourth-order valence-corrected chi connectivity index (χ4v) is 3.17. The fourth-order valence-electron chi connectivity index (χ4n) is 1.51. The summed E-state index contributed by atoms with van der Waals surface area (Å²) in [6, 6.07) is 0. The van der Waals surface area contributed by atoms with E-state index in [2.05, 4.69) is 14.7 Å². The first-order valence-corrected chi connectivity index (χ1v) is 7.50. The van der Waals surface area contributed by atoms with Gasteiger partial charge in [0, 0.05) is 17.6 Å². The van der Waals surface area contributed by atoms with Crippen LogP contribution >= 0.6 is 22.9 Å². The van der Waals surface area contributed by atoms with E-state index in [-0.39, 0.29) is 6.61 Å². The number of ether oxygens (including phenoxy) is 1. The number of rotatable bonds is 7. The van der Waals surface area contributed by atoms with Crippen molar-refractivity contribution in [1.82, 2.24) is 9.36 Å². The van der Waals surface area contributed by atoms with Crippen LogP contribution in [0.5, 0.6) is 0 Å². The number of thiazole rings is 1. The molecule has 3 N–H and O–H groups in total. The average Bonchev–Trinajstić information content (AvgIpc) is 2.95. The lowest BCUT2D eigenvalue weighted by atomic mass is 10.3. The van der Waals surface area contributed by atoms with Crippen LogP contribution in [0, 0.1) is 6.92 Å². The van der Waals surface area contributed by atoms with E-state index in [1.54, 1.807) is 0 Å². The number of halogens is 2. The molecule has 0 saturated heterocycles. The van der Waals surface area contributed by atoms with Crippen LogP contribution in [0.4, 0.5) is 19.6 Å². The predicted octanol–water partition coefficient (Wildman–Crippen LogP) is 2.85. The Labute approximate surface area is 123 Å². The van der Waals surface area contributed by atoms with Crippen LogP contribution in [0.1, 0.15) is 5.69 Å². The summed E-state index contributed by atoms with van der Waals surface area (Å²) in [5.74, 6) is 0.417. The summed E-state index contributed by atoms with van der Waals surface area (Å²) in [6.07, 6.45) is -2.44. The number of hydrogen-bond acceptors (Lipinski definition) is 7. The molecular weight excluding hydrogens is 306 g/mol. The SMILES string of the molecule is Cc1csc(-c2c(N)nsc2NCCOCC(F)F)n1. The molecule has 2 aromatic rings. The second kappa shape index (κ2) is 6.91. The molecule has 0 spiro atoms. The number of aromatic nitrogens is 2. The first kappa shape index (κ1) is 15.1. The molecule has 0 radical (unpaired) electrons. The van der Waals surface area contributed by atoms with Crippen molar-refractivity contribution >= 4 is 33.7 Å². The standard InChI is InChI=1S/C11H14F2N4OS2/c1-6-5-19-11(16-6)8-9(14)17-20-10(8)15-2-3-18-4-7(12)13/h5,7,15H,2-4H2,1H3,(H2,14,17). The lowest BCUT2D eigenvalue weighted by molar-refractivity contribution is 0.0215. The Kier molecular flexibility index (Phi) is 5.21. The Hall–Kier alpha value is -1.32. The molecule has 5 nitrogen and oxygen atoms in total. The molecule has 0 unspecified atom stereocenters. The third-order valence-electron chi connectivity index (χ3n) is 2.33. The molecule has 2 rings (SSSR count). The molecule has 0 fully saturated rings. The molecule has 0 bridgehead atoms. The number of hydrogen-bond donors (Lipinski definition) is 2. The molecule has 9 heteroatoms. The van der Waals surface area contributed by atoms with Gasteiger partial charge in [0.2, 0.25) is 0 Å². The van der Waals surface area contributed by atoms with Gasteiger partial charge in [0.15, 0.2) is 0 Å². The molecule has 2 aromatic heterocycles. The Balaban J connectivity index is 1.96. The van der Waals surface area contributed by atoms with Gasteiger partial charge in [0.05, 0.1) is 12.2 Å². The molecule has 0 atom stereocenters. The smallest absolute Gasteiger partial charge is 0.261 e. The van der Waals surface area contributed by atoms with Crippen molar-refractivity contribution in [2.24, 2.45) is 0 Å². The van der Waals surface area contributed by atoms with Gasteiger partial charge in [0.25, 0.3) is 6.43 Å². The van der Waals surface area contributed by atoms with E-state index < -0.39 is 13.0 Å². The molecule has 0 aromatic carbocycles. The van der Waals surface area contributed by atoms with Crippen LogP contribution in [0.3, 0.4) is 0 Å². The number of nitrogens with two attached hydrogens (primary N) is 1. The zero-order chi connectivity index (χ0) is 14.5. The Bertz CT molecular complexity index is 558. The van der Waals surface area contributed by atoms with Crippen molar-refractivity contribution in [1.29, 1.82) is 0 Å². The first-order valence-electron chi connectivity index (χ1n) is 5.85. The summed E-state index contributed by atoms with van der Waals surface area (Å²) < 4.78 is 32.7. The number of alkyl halides is 2. The Morgan fingerprint density at radius 2 is 2.30 bits per heavy atom. The van der Waals surface area contributed by atoms with Gasteiger partial charge < -0.3 is 15.8 Å². The van der Waals surface area contributed by atoms with Gasteiger partial charge in [-0.15, -0.1) is 11.3 Å². The predicted molar refractivity (Wildman–Crippen MR) is 77.7 cm³/mol. The monoisotopic (exact) mass is 320 g/mol. The lowest BCUT2D eigenvalue weighted by Gasteiger charge is -2.06. The highest BCUT2D eigenvalue weighted by Gasteiger charge is 2.16. The quantitative estimate of drug-likeness (QED) is 0.768.